The summed E-state index contributed by atoms with van der Waals surface area (Å²) in [7, 11) is 2.14. The van der Waals surface area contributed by atoms with Gasteiger partial charge in [-0.2, -0.15) is 0 Å². The van der Waals surface area contributed by atoms with E-state index in [0.717, 1.165) is 38.3 Å². The van der Waals surface area contributed by atoms with Crippen molar-refractivity contribution in [2.75, 3.05) is 46.3 Å². The quantitative estimate of drug-likeness (QED) is 0.833. The van der Waals surface area contributed by atoms with Crippen LogP contribution in [0.1, 0.15) is 10.9 Å². The molecule has 0 radical (unpaired) electrons. The second-order valence-electron chi connectivity index (χ2n) is 5.21. The highest BCUT2D eigenvalue weighted by Crippen LogP contribution is 2.19. The lowest BCUT2D eigenvalue weighted by Crippen LogP contribution is -2.47. The van der Waals surface area contributed by atoms with E-state index in [-0.39, 0.29) is 5.91 Å². The first kappa shape index (κ1) is 15.3. The van der Waals surface area contributed by atoms with Gasteiger partial charge >= 0.3 is 0 Å². The number of carbonyl (C=O) groups excluding carboxylic acids is 1. The molecule has 0 saturated carbocycles. The molecule has 4 nitrogen and oxygen atoms in total. The number of halogens is 1. The summed E-state index contributed by atoms with van der Waals surface area (Å²) in [5.41, 5.74) is 0.839. The average molecular weight is 296 g/mol. The van der Waals surface area contributed by atoms with Gasteiger partial charge in [0.1, 0.15) is 5.38 Å². The van der Waals surface area contributed by atoms with Crippen LogP contribution in [-0.2, 0) is 4.79 Å². The summed E-state index contributed by atoms with van der Waals surface area (Å²) >= 11 is 6.17. The molecule has 1 fully saturated rings. The van der Waals surface area contributed by atoms with Crippen LogP contribution in [0.25, 0.3) is 0 Å². The summed E-state index contributed by atoms with van der Waals surface area (Å²) < 4.78 is 0. The van der Waals surface area contributed by atoms with Crippen LogP contribution >= 0.6 is 11.6 Å². The average Bonchev–Trinajstić information content (AvgIpc) is 2.49. The molecule has 1 amide bonds. The van der Waals surface area contributed by atoms with Crippen LogP contribution in [0.4, 0.5) is 0 Å². The Balaban J connectivity index is 1.70. The van der Waals surface area contributed by atoms with Gasteiger partial charge in [0, 0.05) is 39.3 Å². The van der Waals surface area contributed by atoms with E-state index < -0.39 is 5.38 Å². The highest BCUT2D eigenvalue weighted by Gasteiger charge is 2.18. The molecule has 110 valence electrons. The molecule has 0 aliphatic carbocycles. The van der Waals surface area contributed by atoms with E-state index in [1.54, 1.807) is 0 Å². The van der Waals surface area contributed by atoms with Crippen LogP contribution < -0.4 is 5.32 Å². The molecule has 1 N–H and O–H groups in total. The Bertz CT molecular complexity index is 418. The Morgan fingerprint density at radius 2 is 1.90 bits per heavy atom. The third-order valence-electron chi connectivity index (χ3n) is 3.65. The molecule has 20 heavy (non-hydrogen) atoms. The minimum atomic E-state index is -0.608. The number of benzene rings is 1. The maximum atomic E-state index is 12.0. The fraction of sp³-hybridized carbons (Fsp3) is 0.533. The van der Waals surface area contributed by atoms with Crippen molar-refractivity contribution in [2.24, 2.45) is 0 Å². The van der Waals surface area contributed by atoms with E-state index in [0.29, 0.717) is 6.54 Å². The van der Waals surface area contributed by atoms with Crippen LogP contribution in [0, 0.1) is 0 Å². The summed E-state index contributed by atoms with van der Waals surface area (Å²) in [6.45, 7) is 5.85. The lowest BCUT2D eigenvalue weighted by Gasteiger charge is -2.32. The molecule has 5 heteroatoms. The van der Waals surface area contributed by atoms with Crippen LogP contribution in [-0.4, -0.2) is 62.0 Å². The van der Waals surface area contributed by atoms with Crippen molar-refractivity contribution in [2.45, 2.75) is 5.38 Å². The fourth-order valence-electron chi connectivity index (χ4n) is 2.27. The first-order chi connectivity index (χ1) is 9.66. The third kappa shape index (κ3) is 4.47. The van der Waals surface area contributed by atoms with Gasteiger partial charge < -0.3 is 10.2 Å². The number of rotatable bonds is 5. The Kier molecular flexibility index (Phi) is 5.83. The smallest absolute Gasteiger partial charge is 0.242 e. The number of amides is 1. The summed E-state index contributed by atoms with van der Waals surface area (Å²) in [6, 6.07) is 9.44. The van der Waals surface area contributed by atoms with Gasteiger partial charge in [-0.3, -0.25) is 9.69 Å². The van der Waals surface area contributed by atoms with Crippen molar-refractivity contribution in [1.82, 2.24) is 15.1 Å². The van der Waals surface area contributed by atoms with Crippen LogP contribution in [0.5, 0.6) is 0 Å². The number of alkyl halides is 1. The number of nitrogens with one attached hydrogen (secondary N) is 1. The normalized spacial score (nSPS) is 18.7. The van der Waals surface area contributed by atoms with E-state index in [9.17, 15) is 4.79 Å². The molecule has 1 heterocycles. The first-order valence-corrected chi connectivity index (χ1v) is 7.48. The minimum Gasteiger partial charge on any atom is -0.353 e. The molecule has 1 saturated heterocycles. The van der Waals surface area contributed by atoms with Crippen molar-refractivity contribution in [3.63, 3.8) is 0 Å². The fourth-order valence-corrected chi connectivity index (χ4v) is 2.49. The van der Waals surface area contributed by atoms with Crippen molar-refractivity contribution in [1.29, 1.82) is 0 Å². The molecule has 2 rings (SSSR count). The molecule has 1 aromatic carbocycles. The SMILES string of the molecule is CN1CCN(CCNC(=O)C(Cl)c2ccccc2)CC1. The third-order valence-corrected chi connectivity index (χ3v) is 4.10. The number of nitrogens with zero attached hydrogens (tertiary/aromatic N) is 2. The van der Waals surface area contributed by atoms with Gasteiger partial charge in [0.05, 0.1) is 0 Å². The second-order valence-corrected chi connectivity index (χ2v) is 5.65. The van der Waals surface area contributed by atoms with Gasteiger partial charge in [-0.05, 0) is 12.6 Å². The number of hydrogen-bond acceptors (Lipinski definition) is 3. The van der Waals surface area contributed by atoms with Crippen molar-refractivity contribution in [3.05, 3.63) is 35.9 Å². The summed E-state index contributed by atoms with van der Waals surface area (Å²) in [6.07, 6.45) is 0. The van der Waals surface area contributed by atoms with E-state index in [4.69, 9.17) is 11.6 Å². The van der Waals surface area contributed by atoms with Crippen LogP contribution in [0.3, 0.4) is 0 Å². The van der Waals surface area contributed by atoms with Crippen LogP contribution in [0.2, 0.25) is 0 Å². The van der Waals surface area contributed by atoms with Gasteiger partial charge in [0.25, 0.3) is 0 Å². The lowest BCUT2D eigenvalue weighted by molar-refractivity contribution is -0.120. The highest BCUT2D eigenvalue weighted by molar-refractivity contribution is 6.30. The Labute approximate surface area is 125 Å². The molecule has 1 atom stereocenters. The first-order valence-electron chi connectivity index (χ1n) is 7.04. The topological polar surface area (TPSA) is 35.6 Å². The molecule has 0 spiro atoms. The zero-order chi connectivity index (χ0) is 14.4. The maximum Gasteiger partial charge on any atom is 0.242 e. The summed E-state index contributed by atoms with van der Waals surface area (Å²) in [5, 5.41) is 2.31. The zero-order valence-corrected chi connectivity index (χ0v) is 12.6. The van der Waals surface area contributed by atoms with Gasteiger partial charge in [0.2, 0.25) is 5.91 Å². The largest absolute Gasteiger partial charge is 0.353 e. The predicted molar refractivity (Wildman–Crippen MR) is 82.0 cm³/mol. The number of likely N-dealkylation sites (N-methyl/N-ethyl adjacent to an activating group) is 1. The maximum absolute atomic E-state index is 12.0. The van der Waals surface area contributed by atoms with E-state index in [1.807, 2.05) is 30.3 Å². The molecule has 0 aromatic heterocycles. The van der Waals surface area contributed by atoms with Crippen molar-refractivity contribution >= 4 is 17.5 Å². The molecular formula is C15H22ClN3O. The second kappa shape index (κ2) is 7.62. The molecule has 1 unspecified atom stereocenters. The number of piperazine rings is 1. The molecule has 1 aliphatic rings. The molecule has 1 aliphatic heterocycles. The minimum absolute atomic E-state index is 0.119. The Morgan fingerprint density at radius 3 is 2.55 bits per heavy atom. The van der Waals surface area contributed by atoms with Gasteiger partial charge in [-0.25, -0.2) is 0 Å². The molecular weight excluding hydrogens is 274 g/mol. The van der Waals surface area contributed by atoms with Gasteiger partial charge in [-0.15, -0.1) is 11.6 Å². The number of hydrogen-bond donors (Lipinski definition) is 1. The summed E-state index contributed by atoms with van der Waals surface area (Å²) in [4.78, 5) is 16.7. The van der Waals surface area contributed by atoms with Gasteiger partial charge in [-0.1, -0.05) is 30.3 Å². The Morgan fingerprint density at radius 1 is 1.25 bits per heavy atom. The van der Waals surface area contributed by atoms with Gasteiger partial charge in [0.15, 0.2) is 0 Å². The van der Waals surface area contributed by atoms with E-state index in [2.05, 4.69) is 22.2 Å². The number of carbonyl (C=O) groups is 1. The molecule has 0 bridgehead atoms. The van der Waals surface area contributed by atoms with E-state index in [1.165, 1.54) is 0 Å². The van der Waals surface area contributed by atoms with E-state index >= 15 is 0 Å². The zero-order valence-electron chi connectivity index (χ0n) is 11.9. The highest BCUT2D eigenvalue weighted by atomic mass is 35.5. The van der Waals surface area contributed by atoms with Crippen molar-refractivity contribution < 1.29 is 4.79 Å². The monoisotopic (exact) mass is 295 g/mol. The van der Waals surface area contributed by atoms with Crippen molar-refractivity contribution in [3.8, 4) is 0 Å². The predicted octanol–water partition coefficient (Wildman–Crippen LogP) is 1.33. The summed E-state index contributed by atoms with van der Waals surface area (Å²) in [5.74, 6) is -0.119. The Hall–Kier alpha value is -1.10. The van der Waals surface area contributed by atoms with Crippen LogP contribution in [0.15, 0.2) is 30.3 Å². The lowest BCUT2D eigenvalue weighted by atomic mass is 10.1. The standard InChI is InChI=1S/C15H22ClN3O/c1-18-9-11-19(12-10-18)8-7-17-15(20)14(16)13-5-3-2-4-6-13/h2-6,14H,7-12H2,1H3,(H,17,20). The molecule has 1 aromatic rings.